The van der Waals surface area contributed by atoms with Crippen molar-refractivity contribution in [1.82, 2.24) is 4.98 Å². The minimum Gasteiger partial charge on any atom is -0.464 e. The molecule has 3 aromatic rings. The number of thiophene rings is 1. The molecular formula is C13H12N2OS. The van der Waals surface area contributed by atoms with Gasteiger partial charge in [0.25, 0.3) is 0 Å². The first-order chi connectivity index (χ1) is 8.34. The molecule has 0 aliphatic carbocycles. The fourth-order valence-corrected chi connectivity index (χ4v) is 2.56. The lowest BCUT2D eigenvalue weighted by molar-refractivity contribution is 0.615. The molecule has 3 aromatic heterocycles. The summed E-state index contributed by atoms with van der Waals surface area (Å²) in [6, 6.07) is 8.24. The molecule has 0 aliphatic heterocycles. The Hall–Kier alpha value is -1.81. The molecule has 86 valence electrons. The van der Waals surface area contributed by atoms with Crippen molar-refractivity contribution < 1.29 is 4.42 Å². The summed E-state index contributed by atoms with van der Waals surface area (Å²) in [6.07, 6.45) is 3.45. The zero-order valence-corrected chi connectivity index (χ0v) is 10.2. The summed E-state index contributed by atoms with van der Waals surface area (Å²) in [7, 11) is 0. The van der Waals surface area contributed by atoms with E-state index in [9.17, 15) is 0 Å². The number of fused-ring (bicyclic) bond motifs is 1. The number of nitrogens with zero attached hydrogens (tertiary/aromatic N) is 1. The van der Waals surface area contributed by atoms with Crippen LogP contribution in [-0.2, 0) is 0 Å². The summed E-state index contributed by atoms with van der Waals surface area (Å²) in [5.41, 5.74) is 0.862. The van der Waals surface area contributed by atoms with E-state index in [0.717, 1.165) is 16.8 Å². The van der Waals surface area contributed by atoms with Crippen LogP contribution in [0, 0.1) is 0 Å². The molecule has 0 radical (unpaired) electrons. The monoisotopic (exact) mass is 244 g/mol. The molecule has 0 bridgehead atoms. The molecule has 1 atom stereocenters. The van der Waals surface area contributed by atoms with E-state index in [1.807, 2.05) is 12.1 Å². The van der Waals surface area contributed by atoms with Gasteiger partial charge in [-0.2, -0.15) is 0 Å². The second-order valence-corrected chi connectivity index (χ2v) is 4.85. The molecule has 0 amide bonds. The predicted octanol–water partition coefficient (Wildman–Crippen LogP) is 4.06. The summed E-state index contributed by atoms with van der Waals surface area (Å²) >= 11 is 1.74. The lowest BCUT2D eigenvalue weighted by Crippen LogP contribution is -2.06. The number of nitrogens with one attached hydrogen (secondary N) is 1. The molecule has 3 nitrogen and oxygen atoms in total. The summed E-state index contributed by atoms with van der Waals surface area (Å²) in [4.78, 5) is 5.66. The molecule has 4 heteroatoms. The molecule has 3 heterocycles. The van der Waals surface area contributed by atoms with Crippen LogP contribution in [0.25, 0.3) is 11.0 Å². The Morgan fingerprint density at radius 2 is 2.29 bits per heavy atom. The van der Waals surface area contributed by atoms with Gasteiger partial charge < -0.3 is 9.73 Å². The van der Waals surface area contributed by atoms with Gasteiger partial charge in [-0.15, -0.1) is 11.3 Å². The molecule has 0 spiro atoms. The van der Waals surface area contributed by atoms with Crippen LogP contribution < -0.4 is 5.32 Å². The van der Waals surface area contributed by atoms with Gasteiger partial charge >= 0.3 is 0 Å². The molecule has 1 N–H and O–H groups in total. The second kappa shape index (κ2) is 4.22. The van der Waals surface area contributed by atoms with Gasteiger partial charge in [0.2, 0.25) is 0 Å². The molecule has 0 aromatic carbocycles. The van der Waals surface area contributed by atoms with Crippen molar-refractivity contribution >= 4 is 28.1 Å². The normalized spacial score (nSPS) is 12.8. The number of pyridine rings is 1. The maximum absolute atomic E-state index is 5.35. The van der Waals surface area contributed by atoms with E-state index in [4.69, 9.17) is 4.42 Å². The quantitative estimate of drug-likeness (QED) is 0.755. The van der Waals surface area contributed by atoms with Gasteiger partial charge in [-0.25, -0.2) is 4.98 Å². The Morgan fingerprint density at radius 3 is 3.12 bits per heavy atom. The van der Waals surface area contributed by atoms with Crippen LogP contribution in [0.5, 0.6) is 0 Å². The van der Waals surface area contributed by atoms with Crippen LogP contribution in [0.3, 0.4) is 0 Å². The molecule has 0 saturated heterocycles. The Labute approximate surface area is 103 Å². The Morgan fingerprint density at radius 1 is 1.35 bits per heavy atom. The average Bonchev–Trinajstić information content (AvgIpc) is 3.00. The highest BCUT2D eigenvalue weighted by Gasteiger charge is 2.10. The number of aromatic nitrogens is 1. The first-order valence-corrected chi connectivity index (χ1v) is 6.35. The third-order valence-electron chi connectivity index (χ3n) is 2.70. The standard InChI is InChI=1S/C13H12N2OS/c1-9(12-3-2-8-17-12)15-13-10-5-7-16-11(10)4-6-14-13/h2-9H,1H3,(H,14,15). The first kappa shape index (κ1) is 10.4. The van der Waals surface area contributed by atoms with E-state index in [-0.39, 0.29) is 6.04 Å². The van der Waals surface area contributed by atoms with E-state index in [1.165, 1.54) is 4.88 Å². The third-order valence-corrected chi connectivity index (χ3v) is 3.76. The minimum absolute atomic E-state index is 0.253. The Kier molecular flexibility index (Phi) is 2.57. The zero-order valence-electron chi connectivity index (χ0n) is 9.38. The number of rotatable bonds is 3. The fraction of sp³-hybridized carbons (Fsp3) is 0.154. The van der Waals surface area contributed by atoms with Gasteiger partial charge in [0.05, 0.1) is 17.7 Å². The highest BCUT2D eigenvalue weighted by molar-refractivity contribution is 7.10. The Bertz CT molecular complexity index is 615. The fourth-order valence-electron chi connectivity index (χ4n) is 1.82. The predicted molar refractivity (Wildman–Crippen MR) is 70.4 cm³/mol. The van der Waals surface area contributed by atoms with Gasteiger partial charge in [-0.3, -0.25) is 0 Å². The van der Waals surface area contributed by atoms with Gasteiger partial charge in [-0.1, -0.05) is 6.07 Å². The number of anilines is 1. The SMILES string of the molecule is CC(Nc1nccc2occc12)c1cccs1. The van der Waals surface area contributed by atoms with E-state index >= 15 is 0 Å². The molecule has 3 rings (SSSR count). The summed E-state index contributed by atoms with van der Waals surface area (Å²) in [5, 5.41) is 6.52. The zero-order chi connectivity index (χ0) is 11.7. The number of hydrogen-bond acceptors (Lipinski definition) is 4. The van der Waals surface area contributed by atoms with Crippen LogP contribution in [0.15, 0.2) is 46.5 Å². The molecule has 1 unspecified atom stereocenters. The van der Waals surface area contributed by atoms with Crippen molar-refractivity contribution in [3.8, 4) is 0 Å². The van der Waals surface area contributed by atoms with Crippen LogP contribution in [-0.4, -0.2) is 4.98 Å². The highest BCUT2D eigenvalue weighted by atomic mass is 32.1. The summed E-state index contributed by atoms with van der Waals surface area (Å²) in [6.45, 7) is 2.13. The molecule has 17 heavy (non-hydrogen) atoms. The first-order valence-electron chi connectivity index (χ1n) is 5.47. The average molecular weight is 244 g/mol. The number of hydrogen-bond donors (Lipinski definition) is 1. The van der Waals surface area contributed by atoms with Crippen molar-refractivity contribution in [3.63, 3.8) is 0 Å². The van der Waals surface area contributed by atoms with E-state index in [2.05, 4.69) is 34.7 Å². The Balaban J connectivity index is 1.92. The summed E-state index contributed by atoms with van der Waals surface area (Å²) < 4.78 is 5.35. The van der Waals surface area contributed by atoms with Crippen LogP contribution >= 0.6 is 11.3 Å². The maximum Gasteiger partial charge on any atom is 0.139 e. The largest absolute Gasteiger partial charge is 0.464 e. The minimum atomic E-state index is 0.253. The highest BCUT2D eigenvalue weighted by Crippen LogP contribution is 2.27. The lowest BCUT2D eigenvalue weighted by Gasteiger charge is -2.13. The van der Waals surface area contributed by atoms with Crippen molar-refractivity contribution in [3.05, 3.63) is 47.0 Å². The van der Waals surface area contributed by atoms with Crippen molar-refractivity contribution in [2.45, 2.75) is 13.0 Å². The van der Waals surface area contributed by atoms with Crippen molar-refractivity contribution in [2.24, 2.45) is 0 Å². The molecule has 0 fully saturated rings. The van der Waals surface area contributed by atoms with Gasteiger partial charge in [-0.05, 0) is 30.5 Å². The van der Waals surface area contributed by atoms with Gasteiger partial charge in [0.1, 0.15) is 11.4 Å². The van der Waals surface area contributed by atoms with E-state index in [1.54, 1.807) is 23.8 Å². The second-order valence-electron chi connectivity index (χ2n) is 3.87. The van der Waals surface area contributed by atoms with Crippen LogP contribution in [0.4, 0.5) is 5.82 Å². The van der Waals surface area contributed by atoms with E-state index < -0.39 is 0 Å². The maximum atomic E-state index is 5.35. The molecular weight excluding hydrogens is 232 g/mol. The smallest absolute Gasteiger partial charge is 0.139 e. The van der Waals surface area contributed by atoms with E-state index in [0.29, 0.717) is 0 Å². The third kappa shape index (κ3) is 1.91. The van der Waals surface area contributed by atoms with Gasteiger partial charge in [0.15, 0.2) is 0 Å². The van der Waals surface area contributed by atoms with Crippen LogP contribution in [0.2, 0.25) is 0 Å². The van der Waals surface area contributed by atoms with Gasteiger partial charge in [0, 0.05) is 11.1 Å². The summed E-state index contributed by atoms with van der Waals surface area (Å²) in [5.74, 6) is 0.872. The number of furan rings is 1. The molecule has 0 aliphatic rings. The lowest BCUT2D eigenvalue weighted by atomic mass is 10.2. The van der Waals surface area contributed by atoms with Crippen LogP contribution in [0.1, 0.15) is 17.8 Å². The van der Waals surface area contributed by atoms with Crippen molar-refractivity contribution in [2.75, 3.05) is 5.32 Å². The topological polar surface area (TPSA) is 38.1 Å². The van der Waals surface area contributed by atoms with Crippen molar-refractivity contribution in [1.29, 1.82) is 0 Å². The molecule has 0 saturated carbocycles.